The molecule has 1 N–H and O–H groups in total. The predicted molar refractivity (Wildman–Crippen MR) is 142 cm³/mol. The van der Waals surface area contributed by atoms with Crippen LogP contribution in [0.3, 0.4) is 0 Å². The third-order valence-corrected chi connectivity index (χ3v) is 5.98. The summed E-state index contributed by atoms with van der Waals surface area (Å²) >= 11 is 6.17. The van der Waals surface area contributed by atoms with E-state index < -0.39 is 17.7 Å². The maximum Gasteiger partial charge on any atom is 0.339 e. The summed E-state index contributed by atoms with van der Waals surface area (Å²) in [6.45, 7) is 16.2. The molecule has 194 valence electrons. The molecule has 3 rings (SSSR count). The Morgan fingerprint density at radius 1 is 1.08 bits per heavy atom. The van der Waals surface area contributed by atoms with Gasteiger partial charge in [0.05, 0.1) is 12.7 Å². The lowest BCUT2D eigenvalue weighted by atomic mass is 9.91. The minimum absolute atomic E-state index is 0.0619. The maximum atomic E-state index is 13.1. The van der Waals surface area contributed by atoms with Gasteiger partial charge in [-0.1, -0.05) is 44.5 Å². The first kappa shape index (κ1) is 27.7. The van der Waals surface area contributed by atoms with Gasteiger partial charge in [-0.25, -0.2) is 9.78 Å². The van der Waals surface area contributed by atoms with Crippen molar-refractivity contribution >= 4 is 29.1 Å². The molecule has 1 amide bonds. The van der Waals surface area contributed by atoms with E-state index in [0.717, 1.165) is 22.4 Å². The second kappa shape index (κ2) is 10.2. The molecule has 2 heterocycles. The highest BCUT2D eigenvalue weighted by Gasteiger charge is 2.34. The minimum atomic E-state index is -0.996. The summed E-state index contributed by atoms with van der Waals surface area (Å²) in [4.78, 5) is 30.7. The number of nitrogens with zero attached hydrogens (tertiary/aromatic N) is 2. The third kappa shape index (κ3) is 6.08. The number of carbonyl (C=O) groups is 2. The molecule has 0 saturated carbocycles. The lowest BCUT2D eigenvalue weighted by Gasteiger charge is -2.29. The van der Waals surface area contributed by atoms with Crippen LogP contribution in [0.15, 0.2) is 30.5 Å². The van der Waals surface area contributed by atoms with Gasteiger partial charge in [-0.05, 0) is 63.3 Å². The lowest BCUT2D eigenvalue weighted by molar-refractivity contribution is -0.164. The first-order valence-corrected chi connectivity index (χ1v) is 12.3. The number of pyridine rings is 1. The van der Waals surface area contributed by atoms with Gasteiger partial charge in [0.1, 0.15) is 11.3 Å². The van der Waals surface area contributed by atoms with Crippen LogP contribution in [0.2, 0.25) is 5.02 Å². The van der Waals surface area contributed by atoms with Crippen molar-refractivity contribution in [2.45, 2.75) is 67.1 Å². The van der Waals surface area contributed by atoms with E-state index in [0.29, 0.717) is 28.5 Å². The average Bonchev–Trinajstić information content (AvgIpc) is 3.24. The van der Waals surface area contributed by atoms with Crippen molar-refractivity contribution in [1.29, 1.82) is 0 Å². The summed E-state index contributed by atoms with van der Waals surface area (Å²) in [7, 11) is 1.35. The molecule has 0 aliphatic rings. The van der Waals surface area contributed by atoms with Crippen LogP contribution in [0.5, 0.6) is 0 Å². The van der Waals surface area contributed by atoms with Gasteiger partial charge in [-0.15, -0.1) is 0 Å². The fourth-order valence-corrected chi connectivity index (χ4v) is 4.19. The highest BCUT2D eigenvalue weighted by molar-refractivity contribution is 6.30. The highest BCUT2D eigenvalue weighted by atomic mass is 35.5. The number of aryl methyl sites for hydroxylation is 2. The normalized spacial score (nSPS) is 13.1. The molecule has 0 aliphatic carbocycles. The van der Waals surface area contributed by atoms with Crippen molar-refractivity contribution in [3.05, 3.63) is 58.0 Å². The summed E-state index contributed by atoms with van der Waals surface area (Å²) in [5, 5.41) is 3.56. The molecular formula is C28H36ClN3O4. The second-order valence-corrected chi connectivity index (χ2v) is 11.6. The first-order chi connectivity index (χ1) is 16.6. The summed E-state index contributed by atoms with van der Waals surface area (Å²) < 4.78 is 13.3. The van der Waals surface area contributed by atoms with E-state index in [1.807, 2.05) is 51.2 Å². The number of hydrogen-bond acceptors (Lipinski definition) is 5. The fraction of sp³-hybridized carbons (Fsp3) is 0.464. The smallest absolute Gasteiger partial charge is 0.339 e. The largest absolute Gasteiger partial charge is 0.467 e. The summed E-state index contributed by atoms with van der Waals surface area (Å²) in [5.41, 5.74) is 4.07. The van der Waals surface area contributed by atoms with Crippen molar-refractivity contribution in [2.75, 3.05) is 13.7 Å². The van der Waals surface area contributed by atoms with Gasteiger partial charge in [0, 0.05) is 34.6 Å². The Labute approximate surface area is 218 Å². The van der Waals surface area contributed by atoms with Crippen LogP contribution in [0.25, 0.3) is 16.8 Å². The fourth-order valence-electron chi connectivity index (χ4n) is 4.07. The van der Waals surface area contributed by atoms with E-state index >= 15 is 0 Å². The Balaban J connectivity index is 2.31. The monoisotopic (exact) mass is 513 g/mol. The number of fused-ring (bicyclic) bond motifs is 1. The molecule has 0 radical (unpaired) electrons. The van der Waals surface area contributed by atoms with Gasteiger partial charge in [0.2, 0.25) is 0 Å². The second-order valence-electron chi connectivity index (χ2n) is 11.2. The van der Waals surface area contributed by atoms with Gasteiger partial charge >= 0.3 is 5.97 Å². The molecule has 8 heteroatoms. The van der Waals surface area contributed by atoms with Crippen molar-refractivity contribution in [2.24, 2.45) is 5.41 Å². The van der Waals surface area contributed by atoms with Gasteiger partial charge in [-0.3, -0.25) is 4.79 Å². The Bertz CT molecular complexity index is 1280. The van der Waals surface area contributed by atoms with E-state index in [1.54, 1.807) is 18.3 Å². The van der Waals surface area contributed by atoms with Crippen molar-refractivity contribution in [3.63, 3.8) is 0 Å². The number of aromatic nitrogens is 2. The van der Waals surface area contributed by atoms with Crippen LogP contribution in [-0.4, -0.2) is 40.5 Å². The number of amides is 1. The molecule has 0 bridgehead atoms. The molecule has 2 aromatic heterocycles. The van der Waals surface area contributed by atoms with E-state index in [4.69, 9.17) is 21.1 Å². The molecule has 36 heavy (non-hydrogen) atoms. The Kier molecular flexibility index (Phi) is 7.86. The number of ether oxygens (including phenoxy) is 2. The van der Waals surface area contributed by atoms with Crippen LogP contribution in [0, 0.1) is 19.3 Å². The van der Waals surface area contributed by atoms with Crippen molar-refractivity contribution < 1.29 is 19.1 Å². The zero-order valence-electron chi connectivity index (χ0n) is 22.6. The number of benzene rings is 1. The molecule has 1 aromatic carbocycles. The van der Waals surface area contributed by atoms with Crippen LogP contribution in [-0.2, 0) is 14.3 Å². The number of halogens is 1. The number of methoxy groups -OCH3 is 1. The molecule has 3 aromatic rings. The SMILES string of the molecule is COC(=O)[C@@H](OC(C)(C)C)c1c(-c2ccc(Cl)cc2)c(C)c2nc(C(=O)NCC(C)(C)C)cn2c1C. The van der Waals surface area contributed by atoms with Gasteiger partial charge in [0.15, 0.2) is 6.10 Å². The molecule has 0 fully saturated rings. The Morgan fingerprint density at radius 3 is 2.22 bits per heavy atom. The van der Waals surface area contributed by atoms with Gasteiger partial charge in [-0.2, -0.15) is 0 Å². The predicted octanol–water partition coefficient (Wildman–Crippen LogP) is 6.08. The topological polar surface area (TPSA) is 81.9 Å². The number of imidazole rings is 1. The van der Waals surface area contributed by atoms with Crippen LogP contribution in [0.4, 0.5) is 0 Å². The molecule has 0 spiro atoms. The molecule has 0 saturated heterocycles. The van der Waals surface area contributed by atoms with E-state index in [1.165, 1.54) is 7.11 Å². The Morgan fingerprint density at radius 2 is 1.69 bits per heavy atom. The van der Waals surface area contributed by atoms with E-state index in [2.05, 4.69) is 31.1 Å². The summed E-state index contributed by atoms with van der Waals surface area (Å²) in [6, 6.07) is 7.40. The quantitative estimate of drug-likeness (QED) is 0.404. The van der Waals surface area contributed by atoms with E-state index in [9.17, 15) is 9.59 Å². The van der Waals surface area contributed by atoms with Crippen molar-refractivity contribution in [1.82, 2.24) is 14.7 Å². The van der Waals surface area contributed by atoms with E-state index in [-0.39, 0.29) is 11.3 Å². The summed E-state index contributed by atoms with van der Waals surface area (Å²) in [5.74, 6) is -0.761. The van der Waals surface area contributed by atoms with Gasteiger partial charge in [0.25, 0.3) is 5.91 Å². The average molecular weight is 514 g/mol. The maximum absolute atomic E-state index is 13.1. The zero-order chi connectivity index (χ0) is 27.0. The third-order valence-electron chi connectivity index (χ3n) is 5.73. The lowest BCUT2D eigenvalue weighted by Crippen LogP contribution is -2.32. The van der Waals surface area contributed by atoms with Crippen molar-refractivity contribution in [3.8, 4) is 11.1 Å². The molecule has 0 aliphatic heterocycles. The molecule has 0 unspecified atom stereocenters. The van der Waals surface area contributed by atoms with Crippen LogP contribution < -0.4 is 5.32 Å². The Hall–Kier alpha value is -2.90. The van der Waals surface area contributed by atoms with Crippen LogP contribution >= 0.6 is 11.6 Å². The number of hydrogen-bond donors (Lipinski definition) is 1. The standard InChI is InChI=1S/C28H36ClN3O4/c1-16-21(18-10-12-19(29)13-11-18)22(23(26(34)35-9)36-28(6,7)8)17(2)32-14-20(31-24(16)32)25(33)30-15-27(3,4)5/h10-14,23H,15H2,1-9H3,(H,30,33)/t23-/m0/s1. The number of nitrogens with one attached hydrogen (secondary N) is 1. The number of carbonyl (C=O) groups excluding carboxylic acids is 2. The molecule has 1 atom stereocenters. The number of esters is 1. The first-order valence-electron chi connectivity index (χ1n) is 11.9. The minimum Gasteiger partial charge on any atom is -0.467 e. The molecular weight excluding hydrogens is 478 g/mol. The highest BCUT2D eigenvalue weighted by Crippen LogP contribution is 2.40. The number of rotatable bonds is 6. The molecule has 7 nitrogen and oxygen atoms in total. The zero-order valence-corrected chi connectivity index (χ0v) is 23.3. The van der Waals surface area contributed by atoms with Crippen LogP contribution in [0.1, 0.15) is 75.0 Å². The summed E-state index contributed by atoms with van der Waals surface area (Å²) in [6.07, 6.45) is 0.709. The van der Waals surface area contributed by atoms with Gasteiger partial charge < -0.3 is 19.2 Å².